The van der Waals surface area contributed by atoms with Crippen molar-refractivity contribution < 1.29 is 0 Å². The first-order valence-corrected chi connectivity index (χ1v) is 11.1. The summed E-state index contributed by atoms with van der Waals surface area (Å²) < 4.78 is 0. The quantitative estimate of drug-likeness (QED) is 0.268. The topological polar surface area (TPSA) is 3.24 Å². The molecule has 1 heterocycles. The van der Waals surface area contributed by atoms with Crippen molar-refractivity contribution in [1.82, 2.24) is 0 Å². The number of para-hydroxylation sites is 3. The maximum Gasteiger partial charge on any atom is 0.0754 e. The van der Waals surface area contributed by atoms with Crippen molar-refractivity contribution in [3.8, 4) is 11.1 Å². The molecular formula is C31H21N. The van der Waals surface area contributed by atoms with Gasteiger partial charge in [-0.05, 0) is 57.6 Å². The zero-order chi connectivity index (χ0) is 21.1. The zero-order valence-electron chi connectivity index (χ0n) is 17.6. The van der Waals surface area contributed by atoms with Crippen LogP contribution in [0.15, 0.2) is 127 Å². The third kappa shape index (κ3) is 2.08. The van der Waals surface area contributed by atoms with E-state index >= 15 is 0 Å². The number of hydrogen-bond acceptors (Lipinski definition) is 1. The van der Waals surface area contributed by atoms with E-state index in [-0.39, 0.29) is 5.41 Å². The Labute approximate surface area is 188 Å². The molecule has 1 aliphatic heterocycles. The van der Waals surface area contributed by atoms with E-state index in [0.717, 1.165) is 0 Å². The normalized spacial score (nSPS) is 14.4. The van der Waals surface area contributed by atoms with E-state index in [2.05, 4.69) is 132 Å². The van der Waals surface area contributed by atoms with Crippen LogP contribution in [-0.2, 0) is 5.41 Å². The molecule has 0 radical (unpaired) electrons. The fourth-order valence-corrected chi connectivity index (χ4v) is 5.92. The largest absolute Gasteiger partial charge is 0.310 e. The molecule has 0 unspecified atom stereocenters. The Morgan fingerprint density at radius 3 is 1.31 bits per heavy atom. The molecule has 0 N–H and O–H groups in total. The van der Waals surface area contributed by atoms with Gasteiger partial charge in [0.15, 0.2) is 0 Å². The molecule has 1 aliphatic carbocycles. The van der Waals surface area contributed by atoms with Gasteiger partial charge >= 0.3 is 0 Å². The predicted molar refractivity (Wildman–Crippen MR) is 132 cm³/mol. The molecule has 7 rings (SSSR count). The summed E-state index contributed by atoms with van der Waals surface area (Å²) in [6, 6.07) is 46.4. The molecule has 0 fully saturated rings. The summed E-state index contributed by atoms with van der Waals surface area (Å²) >= 11 is 0. The Morgan fingerprint density at radius 2 is 0.781 bits per heavy atom. The highest BCUT2D eigenvalue weighted by atomic mass is 15.2. The van der Waals surface area contributed by atoms with Gasteiger partial charge in [-0.15, -0.1) is 0 Å². The fourth-order valence-electron chi connectivity index (χ4n) is 5.92. The van der Waals surface area contributed by atoms with Crippen LogP contribution in [0.25, 0.3) is 11.1 Å². The smallest absolute Gasteiger partial charge is 0.0754 e. The van der Waals surface area contributed by atoms with Crippen LogP contribution in [0.2, 0.25) is 0 Å². The monoisotopic (exact) mass is 407 g/mol. The minimum atomic E-state index is -0.328. The first kappa shape index (κ1) is 17.6. The second kappa shape index (κ2) is 6.45. The van der Waals surface area contributed by atoms with E-state index in [9.17, 15) is 0 Å². The van der Waals surface area contributed by atoms with Crippen LogP contribution in [0, 0.1) is 0 Å². The van der Waals surface area contributed by atoms with Gasteiger partial charge in [-0.3, -0.25) is 0 Å². The van der Waals surface area contributed by atoms with Crippen LogP contribution in [0.1, 0.15) is 22.3 Å². The van der Waals surface area contributed by atoms with Crippen molar-refractivity contribution in [1.29, 1.82) is 0 Å². The van der Waals surface area contributed by atoms with Crippen LogP contribution in [0.5, 0.6) is 0 Å². The van der Waals surface area contributed by atoms with Crippen LogP contribution in [0.4, 0.5) is 17.1 Å². The first-order chi connectivity index (χ1) is 15.9. The van der Waals surface area contributed by atoms with E-state index in [1.54, 1.807) is 0 Å². The van der Waals surface area contributed by atoms with Crippen LogP contribution in [0.3, 0.4) is 0 Å². The molecule has 32 heavy (non-hydrogen) atoms. The molecule has 0 bridgehead atoms. The summed E-state index contributed by atoms with van der Waals surface area (Å²) in [4.78, 5) is 2.42. The van der Waals surface area contributed by atoms with Crippen molar-refractivity contribution in [2.24, 2.45) is 0 Å². The van der Waals surface area contributed by atoms with E-state index in [1.807, 2.05) is 0 Å². The number of fused-ring (bicyclic) bond motifs is 9. The highest BCUT2D eigenvalue weighted by molar-refractivity contribution is 5.95. The summed E-state index contributed by atoms with van der Waals surface area (Å²) in [6.07, 6.45) is 0. The predicted octanol–water partition coefficient (Wildman–Crippen LogP) is 7.83. The standard InChI is InChI=1S/C31H21N/c1-2-12-22(13-3-1)32-29-20-10-8-18-27(29)31(28-19-9-11-21-30(28)32)25-16-6-4-14-23(25)24-15-5-7-17-26(24)31/h1-21H. The van der Waals surface area contributed by atoms with E-state index < -0.39 is 0 Å². The van der Waals surface area contributed by atoms with Gasteiger partial charge in [-0.1, -0.05) is 103 Å². The molecule has 0 saturated carbocycles. The highest BCUT2D eigenvalue weighted by Gasteiger charge is 2.51. The number of hydrogen-bond donors (Lipinski definition) is 0. The number of nitrogens with zero attached hydrogens (tertiary/aromatic N) is 1. The third-order valence-corrected chi connectivity index (χ3v) is 7.06. The van der Waals surface area contributed by atoms with E-state index in [1.165, 1.54) is 50.4 Å². The Morgan fingerprint density at radius 1 is 0.375 bits per heavy atom. The molecule has 150 valence electrons. The molecule has 0 aromatic heterocycles. The molecule has 0 saturated heterocycles. The molecule has 0 amide bonds. The van der Waals surface area contributed by atoms with Gasteiger partial charge in [0.1, 0.15) is 0 Å². The van der Waals surface area contributed by atoms with Crippen molar-refractivity contribution in [2.45, 2.75) is 5.41 Å². The van der Waals surface area contributed by atoms with Crippen LogP contribution >= 0.6 is 0 Å². The number of benzene rings is 5. The van der Waals surface area contributed by atoms with Crippen molar-refractivity contribution in [2.75, 3.05) is 4.90 Å². The second-order valence-corrected chi connectivity index (χ2v) is 8.55. The minimum absolute atomic E-state index is 0.328. The summed E-state index contributed by atoms with van der Waals surface area (Å²) in [7, 11) is 0. The average Bonchev–Trinajstić information content (AvgIpc) is 3.16. The van der Waals surface area contributed by atoms with Gasteiger partial charge in [0, 0.05) is 5.69 Å². The molecule has 2 aliphatic rings. The van der Waals surface area contributed by atoms with E-state index in [0.29, 0.717) is 0 Å². The lowest BCUT2D eigenvalue weighted by atomic mass is 9.64. The van der Waals surface area contributed by atoms with Gasteiger partial charge in [0.05, 0.1) is 16.8 Å². The Balaban J connectivity index is 1.67. The van der Waals surface area contributed by atoms with Crippen LogP contribution in [-0.4, -0.2) is 0 Å². The first-order valence-electron chi connectivity index (χ1n) is 11.1. The molecule has 0 atom stereocenters. The lowest BCUT2D eigenvalue weighted by molar-refractivity contribution is 0.752. The van der Waals surface area contributed by atoms with Gasteiger partial charge in [-0.25, -0.2) is 0 Å². The number of rotatable bonds is 1. The molecule has 1 nitrogen and oxygen atoms in total. The lowest BCUT2D eigenvalue weighted by Crippen LogP contribution is -2.36. The van der Waals surface area contributed by atoms with Gasteiger partial charge in [0.25, 0.3) is 0 Å². The average molecular weight is 408 g/mol. The maximum atomic E-state index is 2.42. The minimum Gasteiger partial charge on any atom is -0.310 e. The summed E-state index contributed by atoms with van der Waals surface area (Å²) in [6.45, 7) is 0. The van der Waals surface area contributed by atoms with Gasteiger partial charge < -0.3 is 4.90 Å². The number of anilines is 3. The summed E-state index contributed by atoms with van der Waals surface area (Å²) in [5.74, 6) is 0. The van der Waals surface area contributed by atoms with Crippen molar-refractivity contribution >= 4 is 17.1 Å². The molecule has 5 aromatic rings. The summed E-state index contributed by atoms with van der Waals surface area (Å²) in [5.41, 5.74) is 11.4. The van der Waals surface area contributed by atoms with Gasteiger partial charge in [-0.2, -0.15) is 0 Å². The Bertz CT molecular complexity index is 1390. The Hall–Kier alpha value is -4.10. The zero-order valence-corrected chi connectivity index (χ0v) is 17.6. The highest BCUT2D eigenvalue weighted by Crippen LogP contribution is 2.63. The molecular weight excluding hydrogens is 386 g/mol. The van der Waals surface area contributed by atoms with E-state index in [4.69, 9.17) is 0 Å². The van der Waals surface area contributed by atoms with Crippen molar-refractivity contribution in [3.63, 3.8) is 0 Å². The lowest BCUT2D eigenvalue weighted by Gasteiger charge is -2.45. The SMILES string of the molecule is c1ccc(N2c3ccccc3C3(c4ccccc4-c4ccccc43)c3ccccc32)cc1. The van der Waals surface area contributed by atoms with Gasteiger partial charge in [0.2, 0.25) is 0 Å². The Kier molecular flexibility index (Phi) is 3.54. The molecule has 1 heteroatoms. The molecule has 5 aromatic carbocycles. The van der Waals surface area contributed by atoms with Crippen molar-refractivity contribution in [3.05, 3.63) is 150 Å². The summed E-state index contributed by atoms with van der Waals surface area (Å²) in [5, 5.41) is 0. The third-order valence-electron chi connectivity index (χ3n) is 7.06. The van der Waals surface area contributed by atoms with Crippen LogP contribution < -0.4 is 4.90 Å². The maximum absolute atomic E-state index is 2.42. The molecule has 1 spiro atoms. The second-order valence-electron chi connectivity index (χ2n) is 8.55. The fraction of sp³-hybridized carbons (Fsp3) is 0.0323.